The molecule has 0 aromatic heterocycles. The average molecular weight is 423 g/mol. The van der Waals surface area contributed by atoms with Crippen LogP contribution in [0.5, 0.6) is 5.75 Å². The molecule has 2 nitrogen and oxygen atoms in total. The summed E-state index contributed by atoms with van der Waals surface area (Å²) in [5, 5.41) is 13.8. The Balaban J connectivity index is 0.000000721. The zero-order valence-corrected chi connectivity index (χ0v) is 22.6. The van der Waals surface area contributed by atoms with Gasteiger partial charge in [-0.2, -0.15) is 0 Å². The quantitative estimate of drug-likeness (QED) is 0.641. The molecule has 2 aliphatic carbocycles. The van der Waals surface area contributed by atoms with E-state index in [4.69, 9.17) is 4.74 Å². The molecule has 0 unspecified atom stereocenters. The molecule has 0 saturated carbocycles. The maximum atomic E-state index is 13.8. The standard InChI is InChI=1S/C24H38O.C4H10O.Li/c1-9-23(10-2)14-21(5,6)18-16(23)13-17-19(20(18)25)22(7,8)15-24(17,11-3)12-4;1-3-5-4-2;/h13,25H,9-12,14-15H2,1-8H3;3-4H2,1-2H3;/q;;+1/p-1. The van der Waals surface area contributed by atoms with E-state index in [-0.39, 0.29) is 40.5 Å². The van der Waals surface area contributed by atoms with Gasteiger partial charge in [-0.15, -0.1) is 5.75 Å². The minimum Gasteiger partial charge on any atom is -0.872 e. The summed E-state index contributed by atoms with van der Waals surface area (Å²) in [5.41, 5.74) is 5.45. The fraction of sp³-hybridized carbons (Fsp3) is 0.786. The third kappa shape index (κ3) is 4.65. The van der Waals surface area contributed by atoms with Gasteiger partial charge >= 0.3 is 18.9 Å². The van der Waals surface area contributed by atoms with Crippen molar-refractivity contribution in [2.24, 2.45) is 0 Å². The van der Waals surface area contributed by atoms with Crippen molar-refractivity contribution in [2.75, 3.05) is 13.2 Å². The first-order chi connectivity index (χ1) is 14.0. The third-order valence-electron chi connectivity index (χ3n) is 8.45. The van der Waals surface area contributed by atoms with Crippen LogP contribution in [-0.4, -0.2) is 13.2 Å². The smallest absolute Gasteiger partial charge is 0.872 e. The van der Waals surface area contributed by atoms with Crippen LogP contribution in [0.3, 0.4) is 0 Å². The molecule has 0 radical (unpaired) electrons. The zero-order valence-electron chi connectivity index (χ0n) is 22.6. The molecule has 2 aliphatic rings. The predicted octanol–water partition coefficient (Wildman–Crippen LogP) is 4.29. The fourth-order valence-corrected chi connectivity index (χ4v) is 6.86. The fourth-order valence-electron chi connectivity index (χ4n) is 6.86. The molecule has 0 amide bonds. The summed E-state index contributed by atoms with van der Waals surface area (Å²) in [4.78, 5) is 0. The van der Waals surface area contributed by atoms with Crippen LogP contribution in [0.2, 0.25) is 0 Å². The normalized spacial score (nSPS) is 20.8. The van der Waals surface area contributed by atoms with Gasteiger partial charge in [-0.3, -0.25) is 0 Å². The van der Waals surface area contributed by atoms with Crippen molar-refractivity contribution in [3.05, 3.63) is 28.3 Å². The Morgan fingerprint density at radius 3 is 1.26 bits per heavy atom. The molecule has 3 rings (SSSR count). The second-order valence-corrected chi connectivity index (χ2v) is 10.9. The summed E-state index contributed by atoms with van der Waals surface area (Å²) in [6.07, 6.45) is 6.76. The summed E-state index contributed by atoms with van der Waals surface area (Å²) in [5.74, 6) is 0.384. The van der Waals surface area contributed by atoms with E-state index in [1.165, 1.54) is 11.1 Å². The van der Waals surface area contributed by atoms with Crippen molar-refractivity contribution in [3.8, 4) is 5.75 Å². The molecule has 0 N–H and O–H groups in total. The van der Waals surface area contributed by atoms with E-state index in [1.807, 2.05) is 13.8 Å². The SMILES string of the molecule is CCC1(CC)CC(C)(C)c2c1cc1c(c2[O-])C(C)(C)CC1(CC)CC.CCOCC.[Li+]. The van der Waals surface area contributed by atoms with Crippen LogP contribution in [0.15, 0.2) is 6.07 Å². The first kappa shape index (κ1) is 28.6. The molecule has 1 aromatic carbocycles. The van der Waals surface area contributed by atoms with E-state index in [9.17, 15) is 5.11 Å². The summed E-state index contributed by atoms with van der Waals surface area (Å²) < 4.78 is 4.83. The number of ether oxygens (including phenoxy) is 1. The van der Waals surface area contributed by atoms with Gasteiger partial charge in [0.2, 0.25) is 0 Å². The largest absolute Gasteiger partial charge is 1.00 e. The Morgan fingerprint density at radius 1 is 0.710 bits per heavy atom. The van der Waals surface area contributed by atoms with E-state index in [1.54, 1.807) is 0 Å². The minimum atomic E-state index is -0.00672. The first-order valence-electron chi connectivity index (χ1n) is 12.4. The van der Waals surface area contributed by atoms with Gasteiger partial charge in [0, 0.05) is 13.2 Å². The van der Waals surface area contributed by atoms with Crippen LogP contribution >= 0.6 is 0 Å². The van der Waals surface area contributed by atoms with E-state index in [2.05, 4.69) is 61.5 Å². The molecular formula is C28H47LiO2. The van der Waals surface area contributed by atoms with E-state index >= 15 is 0 Å². The van der Waals surface area contributed by atoms with Crippen LogP contribution in [0.4, 0.5) is 0 Å². The van der Waals surface area contributed by atoms with E-state index in [0.717, 1.165) is 62.9 Å². The minimum absolute atomic E-state index is 0. The van der Waals surface area contributed by atoms with Crippen LogP contribution in [0.1, 0.15) is 130 Å². The van der Waals surface area contributed by atoms with Crippen LogP contribution in [0.25, 0.3) is 0 Å². The van der Waals surface area contributed by atoms with Gasteiger partial charge in [-0.1, -0.05) is 61.5 Å². The van der Waals surface area contributed by atoms with Crippen molar-refractivity contribution in [3.63, 3.8) is 0 Å². The topological polar surface area (TPSA) is 32.3 Å². The molecule has 31 heavy (non-hydrogen) atoms. The molecule has 0 spiro atoms. The van der Waals surface area contributed by atoms with Gasteiger partial charge in [-0.05, 0) is 96.3 Å². The molecule has 0 aliphatic heterocycles. The Hall–Kier alpha value is -0.423. The second kappa shape index (κ2) is 10.2. The number of hydrogen-bond donors (Lipinski definition) is 0. The van der Waals surface area contributed by atoms with Gasteiger partial charge in [0.05, 0.1) is 0 Å². The van der Waals surface area contributed by atoms with Crippen molar-refractivity contribution in [1.82, 2.24) is 0 Å². The molecule has 3 heteroatoms. The maximum absolute atomic E-state index is 13.8. The monoisotopic (exact) mass is 422 g/mol. The van der Waals surface area contributed by atoms with Gasteiger partial charge in [0.15, 0.2) is 0 Å². The van der Waals surface area contributed by atoms with Crippen molar-refractivity contribution in [1.29, 1.82) is 0 Å². The Morgan fingerprint density at radius 2 is 1.03 bits per heavy atom. The molecule has 0 fully saturated rings. The zero-order chi connectivity index (χ0) is 23.0. The molecule has 0 saturated heterocycles. The van der Waals surface area contributed by atoms with Crippen LogP contribution in [-0.2, 0) is 26.4 Å². The molecule has 172 valence electrons. The maximum Gasteiger partial charge on any atom is 1.00 e. The second-order valence-electron chi connectivity index (χ2n) is 10.9. The van der Waals surface area contributed by atoms with Crippen LogP contribution in [0, 0.1) is 0 Å². The Labute approximate surface area is 205 Å². The van der Waals surface area contributed by atoms with Gasteiger partial charge in [-0.25, -0.2) is 0 Å². The van der Waals surface area contributed by atoms with E-state index in [0.29, 0.717) is 5.75 Å². The predicted molar refractivity (Wildman–Crippen MR) is 128 cm³/mol. The number of hydrogen-bond acceptors (Lipinski definition) is 2. The number of fused-ring (bicyclic) bond motifs is 2. The molecule has 0 bridgehead atoms. The van der Waals surface area contributed by atoms with E-state index < -0.39 is 0 Å². The first-order valence-corrected chi connectivity index (χ1v) is 12.4. The Bertz CT molecular complexity index is 682. The average Bonchev–Trinajstić information content (AvgIpc) is 3.08. The summed E-state index contributed by atoms with van der Waals surface area (Å²) in [6, 6.07) is 2.51. The molecular weight excluding hydrogens is 375 g/mol. The van der Waals surface area contributed by atoms with Gasteiger partial charge < -0.3 is 9.84 Å². The van der Waals surface area contributed by atoms with Crippen LogP contribution < -0.4 is 24.0 Å². The Kier molecular flexibility index (Phi) is 9.45. The number of benzene rings is 1. The van der Waals surface area contributed by atoms with Gasteiger partial charge in [0.25, 0.3) is 0 Å². The summed E-state index contributed by atoms with van der Waals surface area (Å²) in [6.45, 7) is 24.1. The summed E-state index contributed by atoms with van der Waals surface area (Å²) in [7, 11) is 0. The number of rotatable bonds is 6. The third-order valence-corrected chi connectivity index (χ3v) is 8.45. The van der Waals surface area contributed by atoms with Gasteiger partial charge in [0.1, 0.15) is 0 Å². The van der Waals surface area contributed by atoms with Crippen molar-refractivity contribution < 1.29 is 28.7 Å². The van der Waals surface area contributed by atoms with Crippen molar-refractivity contribution >= 4 is 0 Å². The molecule has 1 aromatic rings. The molecule has 0 heterocycles. The van der Waals surface area contributed by atoms with Crippen molar-refractivity contribution in [2.45, 2.75) is 129 Å². The molecule has 0 atom stereocenters. The summed E-state index contributed by atoms with van der Waals surface area (Å²) >= 11 is 0.